The molecule has 0 radical (unpaired) electrons. The topological polar surface area (TPSA) is 73.1 Å². The third-order valence-electron chi connectivity index (χ3n) is 2.68. The summed E-state index contributed by atoms with van der Waals surface area (Å²) < 4.78 is 6.89. The zero-order valence-electron chi connectivity index (χ0n) is 11.0. The summed E-state index contributed by atoms with van der Waals surface area (Å²) in [6.45, 7) is 5.92. The molecule has 0 saturated carbocycles. The van der Waals surface area contributed by atoms with Gasteiger partial charge in [0.1, 0.15) is 5.75 Å². The Morgan fingerprint density at radius 3 is 2.37 bits per heavy atom. The fourth-order valence-corrected chi connectivity index (χ4v) is 1.90. The zero-order valence-corrected chi connectivity index (χ0v) is 12.6. The summed E-state index contributed by atoms with van der Waals surface area (Å²) in [5, 5.41) is 0. The van der Waals surface area contributed by atoms with Crippen molar-refractivity contribution in [2.75, 3.05) is 5.43 Å². The van der Waals surface area contributed by atoms with Gasteiger partial charge in [0.2, 0.25) is 11.8 Å². The molecule has 0 atom stereocenters. The quantitative estimate of drug-likeness (QED) is 0.670. The van der Waals surface area contributed by atoms with Crippen LogP contribution in [0.5, 0.6) is 11.6 Å². The minimum absolute atomic E-state index is 0.325. The molecular formula is C13H15BrN4O. The van der Waals surface area contributed by atoms with Gasteiger partial charge in [-0.25, -0.2) is 10.8 Å². The molecule has 2 rings (SSSR count). The maximum atomic E-state index is 5.80. The lowest BCUT2D eigenvalue weighted by Crippen LogP contribution is -2.11. The Bertz CT molecular complexity index is 593. The second-order valence-corrected chi connectivity index (χ2v) is 5.09. The monoisotopic (exact) mass is 322 g/mol. The number of nitrogen functional groups attached to an aromatic ring is 1. The Balaban J connectivity index is 2.36. The number of hydrazine groups is 1. The number of nitrogens with two attached hydrogens (primary N) is 1. The number of aromatic nitrogens is 2. The molecule has 5 nitrogen and oxygen atoms in total. The summed E-state index contributed by atoms with van der Waals surface area (Å²) in [6.07, 6.45) is 1.66. The number of hydrogen-bond acceptors (Lipinski definition) is 5. The largest absolute Gasteiger partial charge is 0.439 e. The molecule has 0 spiro atoms. The summed E-state index contributed by atoms with van der Waals surface area (Å²) >= 11 is 3.53. The Kier molecular flexibility index (Phi) is 4.01. The van der Waals surface area contributed by atoms with Gasteiger partial charge in [-0.15, -0.1) is 0 Å². The fraction of sp³-hybridized carbons (Fsp3) is 0.231. The van der Waals surface area contributed by atoms with Gasteiger partial charge < -0.3 is 4.74 Å². The maximum absolute atomic E-state index is 5.80. The predicted octanol–water partition coefficient (Wildman–Crippen LogP) is 3.24. The first-order chi connectivity index (χ1) is 9.01. The van der Waals surface area contributed by atoms with Crippen LogP contribution in [0.4, 0.5) is 5.95 Å². The molecule has 0 saturated heterocycles. The molecule has 1 aromatic carbocycles. The van der Waals surface area contributed by atoms with Gasteiger partial charge in [-0.2, -0.15) is 4.98 Å². The Morgan fingerprint density at radius 1 is 1.16 bits per heavy atom. The molecule has 0 fully saturated rings. The van der Waals surface area contributed by atoms with E-state index in [2.05, 4.69) is 31.3 Å². The van der Waals surface area contributed by atoms with Crippen molar-refractivity contribution in [2.45, 2.75) is 20.8 Å². The Hall–Kier alpha value is -1.66. The van der Waals surface area contributed by atoms with Gasteiger partial charge in [0.05, 0.1) is 0 Å². The minimum Gasteiger partial charge on any atom is -0.439 e. The van der Waals surface area contributed by atoms with Crippen LogP contribution in [-0.4, -0.2) is 9.97 Å². The van der Waals surface area contributed by atoms with E-state index in [9.17, 15) is 0 Å². The lowest BCUT2D eigenvalue weighted by atomic mass is 10.1. The van der Waals surface area contributed by atoms with E-state index in [1.807, 2.05) is 32.9 Å². The summed E-state index contributed by atoms with van der Waals surface area (Å²) in [4.78, 5) is 8.20. The van der Waals surface area contributed by atoms with Gasteiger partial charge in [0.15, 0.2) is 0 Å². The van der Waals surface area contributed by atoms with Crippen LogP contribution >= 0.6 is 15.9 Å². The highest BCUT2D eigenvalue weighted by molar-refractivity contribution is 9.10. The number of anilines is 1. The molecule has 1 aromatic heterocycles. The highest BCUT2D eigenvalue weighted by atomic mass is 79.9. The average Bonchev–Trinajstić information content (AvgIpc) is 2.38. The molecule has 0 amide bonds. The fourth-order valence-electron chi connectivity index (χ4n) is 1.68. The van der Waals surface area contributed by atoms with Crippen molar-refractivity contribution in [3.63, 3.8) is 0 Å². The SMILES string of the molecule is Cc1cnc(NN)nc1Oc1cc(C)c(Br)c(C)c1. The molecule has 0 aliphatic rings. The van der Waals surface area contributed by atoms with Crippen molar-refractivity contribution in [2.24, 2.45) is 5.84 Å². The van der Waals surface area contributed by atoms with Crippen molar-refractivity contribution in [3.8, 4) is 11.6 Å². The second kappa shape index (κ2) is 5.54. The summed E-state index contributed by atoms with van der Waals surface area (Å²) in [5.74, 6) is 6.85. The van der Waals surface area contributed by atoms with Crippen LogP contribution in [0.3, 0.4) is 0 Å². The lowest BCUT2D eigenvalue weighted by molar-refractivity contribution is 0.457. The number of halogens is 1. The average molecular weight is 323 g/mol. The molecule has 100 valence electrons. The molecule has 0 aliphatic heterocycles. The molecule has 1 heterocycles. The van der Waals surface area contributed by atoms with E-state index in [-0.39, 0.29) is 0 Å². The van der Waals surface area contributed by atoms with Gasteiger partial charge in [0, 0.05) is 16.2 Å². The first kappa shape index (κ1) is 13.8. The maximum Gasteiger partial charge on any atom is 0.240 e. The Morgan fingerprint density at radius 2 is 1.79 bits per heavy atom. The number of nitrogens with one attached hydrogen (secondary N) is 1. The van der Waals surface area contributed by atoms with Gasteiger partial charge in [-0.1, -0.05) is 15.9 Å². The van der Waals surface area contributed by atoms with E-state index >= 15 is 0 Å². The first-order valence-electron chi connectivity index (χ1n) is 5.76. The second-order valence-electron chi connectivity index (χ2n) is 4.30. The van der Waals surface area contributed by atoms with Crippen LogP contribution in [-0.2, 0) is 0 Å². The Labute approximate surface area is 120 Å². The third-order valence-corrected chi connectivity index (χ3v) is 3.93. The minimum atomic E-state index is 0.325. The molecule has 0 aliphatic carbocycles. The van der Waals surface area contributed by atoms with Crippen LogP contribution in [0, 0.1) is 20.8 Å². The smallest absolute Gasteiger partial charge is 0.240 e. The van der Waals surface area contributed by atoms with Crippen LogP contribution in [0.2, 0.25) is 0 Å². The van der Waals surface area contributed by atoms with Crippen molar-refractivity contribution >= 4 is 21.9 Å². The van der Waals surface area contributed by atoms with Crippen molar-refractivity contribution in [3.05, 3.63) is 39.5 Å². The van der Waals surface area contributed by atoms with Crippen molar-refractivity contribution in [1.82, 2.24) is 9.97 Å². The standard InChI is InChI=1S/C13H15BrN4O/c1-7-4-10(5-8(2)11(7)14)19-12-9(3)6-16-13(17-12)18-15/h4-6H,15H2,1-3H3,(H,16,17,18). The van der Waals surface area contributed by atoms with Gasteiger partial charge in [-0.3, -0.25) is 5.43 Å². The summed E-state index contributed by atoms with van der Waals surface area (Å²) in [5.41, 5.74) is 5.47. The van der Waals surface area contributed by atoms with Crippen LogP contribution in [0.25, 0.3) is 0 Å². The van der Waals surface area contributed by atoms with E-state index in [1.54, 1.807) is 6.20 Å². The van der Waals surface area contributed by atoms with Gasteiger partial charge in [-0.05, 0) is 44.0 Å². The molecule has 6 heteroatoms. The molecule has 19 heavy (non-hydrogen) atoms. The molecular weight excluding hydrogens is 308 g/mol. The first-order valence-corrected chi connectivity index (χ1v) is 6.55. The van der Waals surface area contributed by atoms with Crippen LogP contribution in [0.1, 0.15) is 16.7 Å². The number of hydrogen-bond donors (Lipinski definition) is 2. The normalized spacial score (nSPS) is 10.4. The lowest BCUT2D eigenvalue weighted by Gasteiger charge is -2.11. The van der Waals surface area contributed by atoms with E-state index < -0.39 is 0 Å². The number of nitrogens with zero attached hydrogens (tertiary/aromatic N) is 2. The van der Waals surface area contributed by atoms with Gasteiger partial charge >= 0.3 is 0 Å². The molecule has 2 aromatic rings. The number of rotatable bonds is 3. The number of ether oxygens (including phenoxy) is 1. The summed E-state index contributed by atoms with van der Waals surface area (Å²) in [7, 11) is 0. The van der Waals surface area contributed by atoms with Gasteiger partial charge in [0.25, 0.3) is 0 Å². The zero-order chi connectivity index (χ0) is 14.0. The van der Waals surface area contributed by atoms with Crippen LogP contribution in [0.15, 0.2) is 22.8 Å². The highest BCUT2D eigenvalue weighted by Crippen LogP contribution is 2.30. The van der Waals surface area contributed by atoms with E-state index in [0.717, 1.165) is 26.9 Å². The number of benzene rings is 1. The predicted molar refractivity (Wildman–Crippen MR) is 78.3 cm³/mol. The van der Waals surface area contributed by atoms with Crippen molar-refractivity contribution in [1.29, 1.82) is 0 Å². The van der Waals surface area contributed by atoms with Crippen LogP contribution < -0.4 is 16.0 Å². The molecule has 0 unspecified atom stereocenters. The third kappa shape index (κ3) is 3.02. The summed E-state index contributed by atoms with van der Waals surface area (Å²) in [6, 6.07) is 3.91. The van der Waals surface area contributed by atoms with E-state index in [0.29, 0.717) is 11.8 Å². The molecule has 0 bridgehead atoms. The van der Waals surface area contributed by atoms with E-state index in [1.165, 1.54) is 0 Å². The highest BCUT2D eigenvalue weighted by Gasteiger charge is 2.08. The van der Waals surface area contributed by atoms with E-state index in [4.69, 9.17) is 10.6 Å². The molecule has 3 N–H and O–H groups in total. The van der Waals surface area contributed by atoms with Crippen molar-refractivity contribution < 1.29 is 4.74 Å². The number of aryl methyl sites for hydroxylation is 3.